The molecule has 0 aliphatic carbocycles. The molecule has 0 aliphatic rings. The molecule has 3 N–H and O–H groups in total. The minimum absolute atomic E-state index is 0.0619. The molecule has 0 aromatic carbocycles. The number of imidazole rings is 1. The maximum Gasteiger partial charge on any atom is 0.105 e. The van der Waals surface area contributed by atoms with E-state index in [0.29, 0.717) is 0 Å². The minimum atomic E-state index is -0.408. The van der Waals surface area contributed by atoms with E-state index < -0.39 is 5.54 Å². The van der Waals surface area contributed by atoms with Crippen molar-refractivity contribution in [1.82, 2.24) is 9.55 Å². The zero-order valence-electron chi connectivity index (χ0n) is 9.61. The van der Waals surface area contributed by atoms with Crippen LogP contribution in [-0.4, -0.2) is 26.8 Å². The number of aromatic nitrogens is 2. The number of hydrogen-bond acceptors (Lipinski definition) is 3. The predicted octanol–water partition coefficient (Wildman–Crippen LogP) is 1.07. The van der Waals surface area contributed by atoms with Crippen LogP contribution in [0.25, 0.3) is 0 Å². The van der Waals surface area contributed by atoms with Crippen molar-refractivity contribution < 1.29 is 5.11 Å². The molecule has 0 radical (unpaired) electrons. The molecule has 0 saturated heterocycles. The lowest BCUT2D eigenvalue weighted by atomic mass is 9.93. The fourth-order valence-corrected chi connectivity index (χ4v) is 1.61. The summed E-state index contributed by atoms with van der Waals surface area (Å²) in [7, 11) is 0. The molecule has 4 nitrogen and oxygen atoms in total. The molecule has 0 spiro atoms. The van der Waals surface area contributed by atoms with Gasteiger partial charge in [-0.25, -0.2) is 4.98 Å². The largest absolute Gasteiger partial charge is 0.394 e. The summed E-state index contributed by atoms with van der Waals surface area (Å²) in [4.78, 5) is 4.15. The van der Waals surface area contributed by atoms with Gasteiger partial charge in [0.05, 0.1) is 6.61 Å². The van der Waals surface area contributed by atoms with Gasteiger partial charge in [-0.15, -0.1) is 0 Å². The van der Waals surface area contributed by atoms with Crippen molar-refractivity contribution in [2.45, 2.75) is 45.2 Å². The standard InChI is InChI=1S/C11H21N3O/c1-3-11(12,9-15)5-4-7-14-8-6-13-10(14)2/h6,8,15H,3-5,7,9,12H2,1-2H3. The van der Waals surface area contributed by atoms with E-state index in [1.165, 1.54) is 0 Å². The van der Waals surface area contributed by atoms with Gasteiger partial charge in [-0.3, -0.25) is 0 Å². The van der Waals surface area contributed by atoms with Gasteiger partial charge in [0.2, 0.25) is 0 Å². The van der Waals surface area contributed by atoms with E-state index in [2.05, 4.69) is 9.55 Å². The SMILES string of the molecule is CCC(N)(CO)CCCn1ccnc1C. The molecule has 0 fully saturated rings. The summed E-state index contributed by atoms with van der Waals surface area (Å²) in [6.07, 6.45) is 6.40. The predicted molar refractivity (Wildman–Crippen MR) is 60.5 cm³/mol. The van der Waals surface area contributed by atoms with Gasteiger partial charge in [-0.05, 0) is 26.2 Å². The van der Waals surface area contributed by atoms with Crippen molar-refractivity contribution >= 4 is 0 Å². The van der Waals surface area contributed by atoms with Crippen LogP contribution < -0.4 is 5.73 Å². The van der Waals surface area contributed by atoms with Gasteiger partial charge in [0.25, 0.3) is 0 Å². The summed E-state index contributed by atoms with van der Waals surface area (Å²) >= 11 is 0. The van der Waals surface area contributed by atoms with Crippen molar-refractivity contribution in [2.75, 3.05) is 6.61 Å². The smallest absolute Gasteiger partial charge is 0.105 e. The summed E-state index contributed by atoms with van der Waals surface area (Å²) in [6, 6.07) is 0. The molecule has 1 aromatic rings. The highest BCUT2D eigenvalue weighted by atomic mass is 16.3. The van der Waals surface area contributed by atoms with Gasteiger partial charge < -0.3 is 15.4 Å². The Morgan fingerprint density at radius 1 is 1.60 bits per heavy atom. The Bertz CT molecular complexity index is 292. The first kappa shape index (κ1) is 12.2. The highest BCUT2D eigenvalue weighted by molar-refractivity contribution is 4.89. The summed E-state index contributed by atoms with van der Waals surface area (Å²) in [5, 5.41) is 9.15. The van der Waals surface area contributed by atoms with Crippen molar-refractivity contribution in [3.8, 4) is 0 Å². The van der Waals surface area contributed by atoms with E-state index in [0.717, 1.165) is 31.6 Å². The second kappa shape index (κ2) is 5.28. The molecule has 0 bridgehead atoms. The van der Waals surface area contributed by atoms with E-state index in [1.54, 1.807) is 6.20 Å². The second-order valence-electron chi connectivity index (χ2n) is 4.15. The molecule has 1 rings (SSSR count). The Balaban J connectivity index is 2.36. The summed E-state index contributed by atoms with van der Waals surface area (Å²) in [5.74, 6) is 1.03. The molecular weight excluding hydrogens is 190 g/mol. The zero-order valence-corrected chi connectivity index (χ0v) is 9.61. The Hall–Kier alpha value is -0.870. The van der Waals surface area contributed by atoms with E-state index in [1.807, 2.05) is 20.0 Å². The average Bonchev–Trinajstić information content (AvgIpc) is 2.64. The monoisotopic (exact) mass is 211 g/mol. The number of hydrogen-bond donors (Lipinski definition) is 2. The Morgan fingerprint density at radius 2 is 2.33 bits per heavy atom. The number of rotatable bonds is 6. The van der Waals surface area contributed by atoms with Crippen LogP contribution >= 0.6 is 0 Å². The van der Waals surface area contributed by atoms with E-state index in [-0.39, 0.29) is 6.61 Å². The van der Waals surface area contributed by atoms with Gasteiger partial charge in [-0.2, -0.15) is 0 Å². The van der Waals surface area contributed by atoms with Gasteiger partial charge >= 0.3 is 0 Å². The third-order valence-electron chi connectivity index (χ3n) is 3.02. The van der Waals surface area contributed by atoms with Crippen LogP contribution in [0.4, 0.5) is 0 Å². The summed E-state index contributed by atoms with van der Waals surface area (Å²) in [5.41, 5.74) is 5.59. The van der Waals surface area contributed by atoms with Gasteiger partial charge in [0.1, 0.15) is 5.82 Å². The van der Waals surface area contributed by atoms with Crippen LogP contribution in [0.5, 0.6) is 0 Å². The first-order valence-electron chi connectivity index (χ1n) is 5.49. The van der Waals surface area contributed by atoms with Crippen LogP contribution in [0.3, 0.4) is 0 Å². The summed E-state index contributed by atoms with van der Waals surface area (Å²) < 4.78 is 2.10. The van der Waals surface area contributed by atoms with Crippen molar-refractivity contribution in [1.29, 1.82) is 0 Å². The molecule has 0 aliphatic heterocycles. The van der Waals surface area contributed by atoms with Crippen LogP contribution in [0.1, 0.15) is 32.0 Å². The summed E-state index contributed by atoms with van der Waals surface area (Å²) in [6.45, 7) is 4.98. The number of aliphatic hydroxyl groups is 1. The third kappa shape index (κ3) is 3.32. The number of nitrogens with two attached hydrogens (primary N) is 1. The Labute approximate surface area is 91.1 Å². The highest BCUT2D eigenvalue weighted by Crippen LogP contribution is 2.14. The first-order valence-corrected chi connectivity index (χ1v) is 5.49. The topological polar surface area (TPSA) is 64.1 Å². The molecule has 1 atom stereocenters. The zero-order chi connectivity index (χ0) is 11.3. The maximum atomic E-state index is 9.15. The van der Waals surface area contributed by atoms with Gasteiger partial charge in [0.15, 0.2) is 0 Å². The lowest BCUT2D eigenvalue weighted by Gasteiger charge is -2.25. The number of aliphatic hydroxyl groups excluding tert-OH is 1. The highest BCUT2D eigenvalue weighted by Gasteiger charge is 2.20. The fraction of sp³-hybridized carbons (Fsp3) is 0.727. The van der Waals surface area contributed by atoms with Crippen LogP contribution in [0.2, 0.25) is 0 Å². The lowest BCUT2D eigenvalue weighted by molar-refractivity contribution is 0.178. The van der Waals surface area contributed by atoms with E-state index >= 15 is 0 Å². The maximum absolute atomic E-state index is 9.15. The van der Waals surface area contributed by atoms with Gasteiger partial charge in [-0.1, -0.05) is 6.92 Å². The quantitative estimate of drug-likeness (QED) is 0.740. The lowest BCUT2D eigenvalue weighted by Crippen LogP contribution is -2.43. The van der Waals surface area contributed by atoms with E-state index in [4.69, 9.17) is 10.8 Å². The van der Waals surface area contributed by atoms with Crippen LogP contribution in [0.15, 0.2) is 12.4 Å². The van der Waals surface area contributed by atoms with Gasteiger partial charge in [0, 0.05) is 24.5 Å². The Morgan fingerprint density at radius 3 is 2.80 bits per heavy atom. The van der Waals surface area contributed by atoms with E-state index in [9.17, 15) is 0 Å². The first-order chi connectivity index (χ1) is 7.11. The van der Waals surface area contributed by atoms with Crippen molar-refractivity contribution in [3.63, 3.8) is 0 Å². The number of aryl methyl sites for hydroxylation is 2. The van der Waals surface area contributed by atoms with Crippen molar-refractivity contribution in [3.05, 3.63) is 18.2 Å². The average molecular weight is 211 g/mol. The molecular formula is C11H21N3O. The van der Waals surface area contributed by atoms with Crippen LogP contribution in [0, 0.1) is 6.92 Å². The molecule has 0 amide bonds. The number of nitrogens with zero attached hydrogens (tertiary/aromatic N) is 2. The third-order valence-corrected chi connectivity index (χ3v) is 3.02. The molecule has 4 heteroatoms. The normalized spacial score (nSPS) is 15.2. The van der Waals surface area contributed by atoms with Crippen LogP contribution in [-0.2, 0) is 6.54 Å². The molecule has 86 valence electrons. The second-order valence-corrected chi connectivity index (χ2v) is 4.15. The molecule has 1 aromatic heterocycles. The molecule has 1 heterocycles. The molecule has 15 heavy (non-hydrogen) atoms. The molecule has 1 unspecified atom stereocenters. The molecule has 0 saturated carbocycles. The van der Waals surface area contributed by atoms with Crippen molar-refractivity contribution in [2.24, 2.45) is 5.73 Å². The fourth-order valence-electron chi connectivity index (χ4n) is 1.61. The minimum Gasteiger partial charge on any atom is -0.394 e. The Kier molecular flexibility index (Phi) is 4.29.